The molecule has 0 saturated carbocycles. The number of rotatable bonds is 2. The van der Waals surface area contributed by atoms with Crippen molar-refractivity contribution in [3.8, 4) is 11.6 Å². The lowest BCUT2D eigenvalue weighted by molar-refractivity contribution is 0.461. The molecule has 0 fully saturated rings. The van der Waals surface area contributed by atoms with E-state index in [0.29, 0.717) is 10.8 Å². The molecular weight excluding hydrogens is 239 g/mol. The van der Waals surface area contributed by atoms with Crippen LogP contribution in [0.3, 0.4) is 0 Å². The fourth-order valence-corrected chi connectivity index (χ4v) is 1.22. The van der Waals surface area contributed by atoms with Gasteiger partial charge in [-0.25, -0.2) is 4.98 Å². The molecule has 0 aromatic carbocycles. The van der Waals surface area contributed by atoms with Gasteiger partial charge in [0.25, 0.3) is 0 Å². The van der Waals surface area contributed by atoms with Crippen LogP contribution in [0, 0.1) is 0 Å². The second kappa shape index (κ2) is 4.04. The molecule has 0 saturated heterocycles. The van der Waals surface area contributed by atoms with E-state index in [1.807, 2.05) is 0 Å². The molecule has 7 heteroatoms. The minimum absolute atomic E-state index is 0.0818. The van der Waals surface area contributed by atoms with Gasteiger partial charge in [-0.15, -0.1) is 0 Å². The average Bonchev–Trinajstić information content (AvgIpc) is 2.58. The Labute approximate surface area is 95.6 Å². The Balaban J connectivity index is 2.27. The van der Waals surface area contributed by atoms with E-state index in [9.17, 15) is 0 Å². The van der Waals surface area contributed by atoms with Gasteiger partial charge in [0.05, 0.1) is 18.6 Å². The van der Waals surface area contributed by atoms with Crippen molar-refractivity contribution in [1.82, 2.24) is 19.7 Å². The predicted molar refractivity (Wildman–Crippen MR) is 55.3 cm³/mol. The smallest absolute Gasteiger partial charge is 0.242 e. The van der Waals surface area contributed by atoms with Crippen molar-refractivity contribution in [2.45, 2.75) is 0 Å². The van der Waals surface area contributed by atoms with Crippen LogP contribution in [0.2, 0.25) is 10.3 Å². The fourth-order valence-electron chi connectivity index (χ4n) is 0.966. The number of aromatic nitrogens is 4. The molecule has 0 aliphatic heterocycles. The molecule has 15 heavy (non-hydrogen) atoms. The number of ether oxygens (including phenoxy) is 1. The van der Waals surface area contributed by atoms with Crippen molar-refractivity contribution in [2.24, 2.45) is 7.05 Å². The van der Waals surface area contributed by atoms with Crippen LogP contribution in [0.5, 0.6) is 11.6 Å². The summed E-state index contributed by atoms with van der Waals surface area (Å²) in [7, 11) is 1.78. The monoisotopic (exact) mass is 244 g/mol. The van der Waals surface area contributed by atoms with E-state index in [1.165, 1.54) is 6.20 Å². The van der Waals surface area contributed by atoms with E-state index in [0.717, 1.165) is 0 Å². The summed E-state index contributed by atoms with van der Waals surface area (Å²) in [5.41, 5.74) is 0. The van der Waals surface area contributed by atoms with Gasteiger partial charge in [-0.3, -0.25) is 4.68 Å². The third kappa shape index (κ3) is 2.37. The summed E-state index contributed by atoms with van der Waals surface area (Å²) < 4.78 is 6.96. The highest BCUT2D eigenvalue weighted by molar-refractivity contribution is 6.32. The Morgan fingerprint density at radius 3 is 2.80 bits per heavy atom. The molecule has 0 amide bonds. The molecule has 0 atom stereocenters. The summed E-state index contributed by atoms with van der Waals surface area (Å²) in [6.07, 6.45) is 4.61. The Kier molecular flexibility index (Phi) is 2.75. The van der Waals surface area contributed by atoms with Gasteiger partial charge in [0, 0.05) is 7.05 Å². The maximum atomic E-state index is 5.82. The first-order valence-corrected chi connectivity index (χ1v) is 4.75. The van der Waals surface area contributed by atoms with E-state index in [1.54, 1.807) is 24.1 Å². The van der Waals surface area contributed by atoms with Gasteiger partial charge in [-0.1, -0.05) is 11.6 Å². The molecule has 0 radical (unpaired) electrons. The largest absolute Gasteiger partial charge is 0.434 e. The van der Waals surface area contributed by atoms with E-state index in [-0.39, 0.29) is 11.2 Å². The van der Waals surface area contributed by atoms with Crippen LogP contribution in [-0.2, 0) is 7.05 Å². The molecule has 2 aromatic heterocycles. The summed E-state index contributed by atoms with van der Waals surface area (Å²) >= 11 is 11.4. The highest BCUT2D eigenvalue weighted by Gasteiger charge is 2.07. The molecule has 0 unspecified atom stereocenters. The van der Waals surface area contributed by atoms with Gasteiger partial charge in [0.1, 0.15) is 5.02 Å². The first kappa shape index (κ1) is 10.2. The summed E-state index contributed by atoms with van der Waals surface area (Å²) in [6, 6.07) is 0. The lowest BCUT2D eigenvalue weighted by atomic mass is 10.6. The molecule has 78 valence electrons. The quantitative estimate of drug-likeness (QED) is 0.762. The summed E-state index contributed by atoms with van der Waals surface area (Å²) in [5.74, 6) is 0.749. The Hall–Kier alpha value is -1.33. The second-order valence-corrected chi connectivity index (χ2v) is 3.49. The van der Waals surface area contributed by atoms with Crippen molar-refractivity contribution < 1.29 is 4.74 Å². The Morgan fingerprint density at radius 2 is 2.13 bits per heavy atom. The van der Waals surface area contributed by atoms with Crippen LogP contribution in [-0.4, -0.2) is 19.7 Å². The number of hydrogen-bond donors (Lipinski definition) is 0. The van der Waals surface area contributed by atoms with Gasteiger partial charge < -0.3 is 4.74 Å². The molecule has 2 heterocycles. The molecule has 0 aliphatic carbocycles. The van der Waals surface area contributed by atoms with Crippen LogP contribution in [0.15, 0.2) is 18.6 Å². The number of nitrogens with zero attached hydrogens (tertiary/aromatic N) is 4. The first-order chi connectivity index (χ1) is 7.15. The standard InChI is InChI=1S/C8H6Cl2N4O/c1-14-4-5(2-12-14)15-7-6(9)3-11-8(10)13-7/h2-4H,1H3. The normalized spacial score (nSPS) is 10.3. The van der Waals surface area contributed by atoms with Gasteiger partial charge in [0.15, 0.2) is 5.75 Å². The van der Waals surface area contributed by atoms with E-state index in [4.69, 9.17) is 27.9 Å². The molecule has 0 spiro atoms. The molecule has 2 rings (SSSR count). The van der Waals surface area contributed by atoms with Crippen LogP contribution in [0.25, 0.3) is 0 Å². The second-order valence-electron chi connectivity index (χ2n) is 2.74. The van der Waals surface area contributed by atoms with E-state index in [2.05, 4.69) is 15.1 Å². The molecule has 0 N–H and O–H groups in total. The van der Waals surface area contributed by atoms with Gasteiger partial charge >= 0.3 is 0 Å². The summed E-state index contributed by atoms with van der Waals surface area (Å²) in [5, 5.41) is 4.31. The highest BCUT2D eigenvalue weighted by Crippen LogP contribution is 2.26. The van der Waals surface area contributed by atoms with Crippen LogP contribution in [0.1, 0.15) is 0 Å². The van der Waals surface area contributed by atoms with Gasteiger partial charge in [0.2, 0.25) is 11.2 Å². The summed E-state index contributed by atoms with van der Waals surface area (Å²) in [4.78, 5) is 7.55. The summed E-state index contributed by atoms with van der Waals surface area (Å²) in [6.45, 7) is 0. The van der Waals surface area contributed by atoms with E-state index < -0.39 is 0 Å². The van der Waals surface area contributed by atoms with Crippen molar-refractivity contribution >= 4 is 23.2 Å². The van der Waals surface area contributed by atoms with Crippen molar-refractivity contribution in [3.05, 3.63) is 28.9 Å². The first-order valence-electron chi connectivity index (χ1n) is 3.99. The lowest BCUT2D eigenvalue weighted by Gasteiger charge is -2.02. The zero-order valence-corrected chi connectivity index (χ0v) is 9.20. The van der Waals surface area contributed by atoms with Crippen molar-refractivity contribution in [1.29, 1.82) is 0 Å². The Morgan fingerprint density at radius 1 is 1.33 bits per heavy atom. The SMILES string of the molecule is Cn1cc(Oc2nc(Cl)ncc2Cl)cn1. The average molecular weight is 245 g/mol. The predicted octanol–water partition coefficient (Wildman–Crippen LogP) is 2.31. The third-order valence-electron chi connectivity index (χ3n) is 1.58. The van der Waals surface area contributed by atoms with Gasteiger partial charge in [-0.05, 0) is 11.6 Å². The topological polar surface area (TPSA) is 52.8 Å². The van der Waals surface area contributed by atoms with E-state index >= 15 is 0 Å². The molecule has 0 aliphatic rings. The zero-order chi connectivity index (χ0) is 10.8. The molecule has 2 aromatic rings. The number of hydrogen-bond acceptors (Lipinski definition) is 4. The Bertz CT molecular complexity index is 485. The van der Waals surface area contributed by atoms with Gasteiger partial charge in [-0.2, -0.15) is 10.1 Å². The fraction of sp³-hybridized carbons (Fsp3) is 0.125. The van der Waals surface area contributed by atoms with Crippen LogP contribution < -0.4 is 4.74 Å². The molecular formula is C8H6Cl2N4O. The minimum Gasteiger partial charge on any atom is -0.434 e. The maximum absolute atomic E-state index is 5.82. The maximum Gasteiger partial charge on any atom is 0.242 e. The zero-order valence-electron chi connectivity index (χ0n) is 7.69. The van der Waals surface area contributed by atoms with Crippen LogP contribution >= 0.6 is 23.2 Å². The highest BCUT2D eigenvalue weighted by atomic mass is 35.5. The number of aryl methyl sites for hydroxylation is 1. The molecule has 5 nitrogen and oxygen atoms in total. The minimum atomic E-state index is 0.0818. The lowest BCUT2D eigenvalue weighted by Crippen LogP contribution is -1.90. The molecule has 0 bridgehead atoms. The van der Waals surface area contributed by atoms with Crippen LogP contribution in [0.4, 0.5) is 0 Å². The third-order valence-corrected chi connectivity index (χ3v) is 2.02. The number of halogens is 2. The van der Waals surface area contributed by atoms with Crippen molar-refractivity contribution in [3.63, 3.8) is 0 Å². The van der Waals surface area contributed by atoms with Crippen molar-refractivity contribution in [2.75, 3.05) is 0 Å².